The van der Waals surface area contributed by atoms with Crippen LogP contribution in [0.3, 0.4) is 0 Å². The summed E-state index contributed by atoms with van der Waals surface area (Å²) < 4.78 is 28.3. The van der Waals surface area contributed by atoms with E-state index >= 15 is 0 Å². The molecule has 0 saturated heterocycles. The van der Waals surface area contributed by atoms with E-state index in [-0.39, 0.29) is 22.4 Å². The smallest absolute Gasteiger partial charge is 0.336 e. The minimum Gasteiger partial charge on any atom is -0.478 e. The summed E-state index contributed by atoms with van der Waals surface area (Å²) in [4.78, 5) is 16.7. The highest BCUT2D eigenvalue weighted by atomic mass is 32.2. The molecular weight excluding hydrogens is 360 g/mol. The van der Waals surface area contributed by atoms with Crippen LogP contribution in [0.4, 0.5) is 0 Å². The van der Waals surface area contributed by atoms with Crippen LogP contribution in [0.5, 0.6) is 0 Å². The lowest BCUT2D eigenvalue weighted by Gasteiger charge is -2.17. The average Bonchev–Trinajstić information content (AvgIpc) is 3.33. The van der Waals surface area contributed by atoms with Crippen LogP contribution in [0.25, 0.3) is 0 Å². The summed E-state index contributed by atoms with van der Waals surface area (Å²) in [5.74, 6) is -0.877. The maximum Gasteiger partial charge on any atom is 0.336 e. The topological polar surface area (TPSA) is 96.4 Å². The fraction of sp³-hybridized carbons (Fsp3) is 0.412. The number of benzene rings is 1. The van der Waals surface area contributed by atoms with Crippen molar-refractivity contribution in [3.05, 3.63) is 45.4 Å². The lowest BCUT2D eigenvalue weighted by molar-refractivity contribution is 0.0695. The molecule has 1 unspecified atom stereocenters. The lowest BCUT2D eigenvalue weighted by atomic mass is 10.1. The van der Waals surface area contributed by atoms with Gasteiger partial charge in [-0.15, -0.1) is 11.3 Å². The molecule has 1 aliphatic carbocycles. The van der Waals surface area contributed by atoms with Crippen molar-refractivity contribution in [3.63, 3.8) is 0 Å². The largest absolute Gasteiger partial charge is 0.478 e. The summed E-state index contributed by atoms with van der Waals surface area (Å²) in [7, 11) is -3.83. The van der Waals surface area contributed by atoms with Crippen molar-refractivity contribution in [3.8, 4) is 0 Å². The highest BCUT2D eigenvalue weighted by Gasteiger charge is 2.37. The number of nitrogens with one attached hydrogen (secondary N) is 1. The Hall–Kier alpha value is -1.77. The van der Waals surface area contributed by atoms with E-state index in [2.05, 4.69) is 9.71 Å². The number of hydrogen-bond acceptors (Lipinski definition) is 5. The van der Waals surface area contributed by atoms with Gasteiger partial charge in [-0.2, -0.15) is 0 Å². The molecule has 2 aromatic rings. The Labute approximate surface area is 151 Å². The van der Waals surface area contributed by atoms with Crippen molar-refractivity contribution >= 4 is 27.3 Å². The van der Waals surface area contributed by atoms with Crippen LogP contribution in [-0.4, -0.2) is 24.5 Å². The number of rotatable bonds is 7. The van der Waals surface area contributed by atoms with Gasteiger partial charge in [0.25, 0.3) is 0 Å². The lowest BCUT2D eigenvalue weighted by Crippen LogP contribution is -2.30. The van der Waals surface area contributed by atoms with Gasteiger partial charge in [-0.25, -0.2) is 22.9 Å². The van der Waals surface area contributed by atoms with Crippen LogP contribution in [0.2, 0.25) is 0 Å². The fourth-order valence-corrected chi connectivity index (χ4v) is 5.05. The van der Waals surface area contributed by atoms with Gasteiger partial charge < -0.3 is 5.11 Å². The van der Waals surface area contributed by atoms with E-state index < -0.39 is 16.0 Å². The number of sulfonamides is 1. The summed E-state index contributed by atoms with van der Waals surface area (Å²) in [5, 5.41) is 10.1. The van der Waals surface area contributed by atoms with Gasteiger partial charge in [0.05, 0.1) is 16.5 Å². The Morgan fingerprint density at radius 1 is 1.44 bits per heavy atom. The number of aryl methyl sites for hydroxylation is 2. The standard InChI is InChI=1S/C17H20N2O4S2/c1-3-11-6-7-13(8-14(11)17(20)21)25(22,23)19-15(12-4-5-12)16-18-9-10(2)24-16/h6-9,12,15,19H,3-5H2,1-2H3,(H,20,21). The summed E-state index contributed by atoms with van der Waals surface area (Å²) in [5.41, 5.74) is 0.638. The molecule has 0 spiro atoms. The van der Waals surface area contributed by atoms with Gasteiger partial charge in [0.1, 0.15) is 5.01 Å². The molecular formula is C17H20N2O4S2. The second-order valence-electron chi connectivity index (χ2n) is 6.22. The molecule has 0 amide bonds. The van der Waals surface area contributed by atoms with E-state index in [0.29, 0.717) is 12.0 Å². The molecule has 1 aromatic carbocycles. The van der Waals surface area contributed by atoms with E-state index in [0.717, 1.165) is 22.7 Å². The van der Waals surface area contributed by atoms with Crippen molar-refractivity contribution in [1.29, 1.82) is 0 Å². The molecule has 8 heteroatoms. The van der Waals surface area contributed by atoms with Crippen LogP contribution in [0.1, 0.15) is 51.6 Å². The predicted octanol–water partition coefficient (Wildman–Crippen LogP) is 3.14. The number of aromatic carboxylic acids is 1. The minimum atomic E-state index is -3.83. The first-order valence-corrected chi connectivity index (χ1v) is 10.4. The fourth-order valence-electron chi connectivity index (χ4n) is 2.76. The van der Waals surface area contributed by atoms with Crippen LogP contribution in [0.15, 0.2) is 29.3 Å². The number of hydrogen-bond donors (Lipinski definition) is 2. The van der Waals surface area contributed by atoms with Crippen molar-refractivity contribution in [2.45, 2.75) is 44.0 Å². The van der Waals surface area contributed by atoms with Crippen molar-refractivity contribution in [1.82, 2.24) is 9.71 Å². The molecule has 1 aromatic heterocycles. The zero-order valence-corrected chi connectivity index (χ0v) is 15.7. The summed E-state index contributed by atoms with van der Waals surface area (Å²) in [6.07, 6.45) is 4.18. The number of aromatic nitrogens is 1. The first kappa shape index (κ1) is 18.0. The second kappa shape index (κ2) is 6.86. The van der Waals surface area contributed by atoms with E-state index in [1.165, 1.54) is 23.5 Å². The molecule has 2 N–H and O–H groups in total. The van der Waals surface area contributed by atoms with Crippen LogP contribution >= 0.6 is 11.3 Å². The molecule has 134 valence electrons. The van der Waals surface area contributed by atoms with Gasteiger partial charge in [-0.05, 0) is 49.8 Å². The van der Waals surface area contributed by atoms with Crippen LogP contribution < -0.4 is 4.72 Å². The van der Waals surface area contributed by atoms with Crippen LogP contribution in [0, 0.1) is 12.8 Å². The normalized spacial score (nSPS) is 15.9. The van der Waals surface area contributed by atoms with E-state index in [9.17, 15) is 18.3 Å². The molecule has 25 heavy (non-hydrogen) atoms. The highest BCUT2D eigenvalue weighted by Crippen LogP contribution is 2.42. The molecule has 1 fully saturated rings. The molecule has 1 atom stereocenters. The zero-order chi connectivity index (χ0) is 18.2. The van der Waals surface area contributed by atoms with E-state index in [4.69, 9.17) is 0 Å². The molecule has 0 bridgehead atoms. The van der Waals surface area contributed by atoms with Gasteiger partial charge in [-0.1, -0.05) is 13.0 Å². The summed E-state index contributed by atoms with van der Waals surface area (Å²) in [6, 6.07) is 3.91. The Morgan fingerprint density at radius 3 is 2.68 bits per heavy atom. The first-order valence-electron chi connectivity index (χ1n) is 8.12. The number of nitrogens with zero attached hydrogens (tertiary/aromatic N) is 1. The predicted molar refractivity (Wildman–Crippen MR) is 95.4 cm³/mol. The molecule has 0 aliphatic heterocycles. The number of carboxylic acids is 1. The van der Waals surface area contributed by atoms with Crippen molar-refractivity contribution in [2.24, 2.45) is 5.92 Å². The molecule has 1 aliphatic rings. The average molecular weight is 380 g/mol. The summed E-state index contributed by atoms with van der Waals surface area (Å²) in [6.45, 7) is 3.77. The first-order chi connectivity index (χ1) is 11.8. The third-order valence-electron chi connectivity index (χ3n) is 4.28. The maximum absolute atomic E-state index is 12.8. The van der Waals surface area contributed by atoms with Crippen molar-refractivity contribution in [2.75, 3.05) is 0 Å². The van der Waals surface area contributed by atoms with Crippen molar-refractivity contribution < 1.29 is 18.3 Å². The second-order valence-corrected chi connectivity index (χ2v) is 9.20. The van der Waals surface area contributed by atoms with E-state index in [1.54, 1.807) is 12.3 Å². The van der Waals surface area contributed by atoms with Gasteiger partial charge >= 0.3 is 5.97 Å². The number of thiazole rings is 1. The molecule has 1 saturated carbocycles. The third kappa shape index (κ3) is 3.91. The Bertz CT molecular complexity index is 901. The Kier molecular flexibility index (Phi) is 4.95. The van der Waals surface area contributed by atoms with E-state index in [1.807, 2.05) is 13.8 Å². The van der Waals surface area contributed by atoms with Gasteiger partial charge in [0, 0.05) is 11.1 Å². The monoisotopic (exact) mass is 380 g/mol. The van der Waals surface area contributed by atoms with Crippen LogP contribution in [-0.2, 0) is 16.4 Å². The highest BCUT2D eigenvalue weighted by molar-refractivity contribution is 7.89. The molecule has 0 radical (unpaired) electrons. The Morgan fingerprint density at radius 2 is 2.16 bits per heavy atom. The van der Waals surface area contributed by atoms with Gasteiger partial charge in [0.15, 0.2) is 0 Å². The maximum atomic E-state index is 12.8. The Balaban J connectivity index is 1.93. The number of carbonyl (C=O) groups is 1. The molecule has 1 heterocycles. The zero-order valence-electron chi connectivity index (χ0n) is 14.0. The SMILES string of the molecule is CCc1ccc(S(=O)(=O)NC(c2ncc(C)s2)C2CC2)cc1C(=O)O. The van der Waals surface area contributed by atoms with Gasteiger partial charge in [0.2, 0.25) is 10.0 Å². The molecule has 6 nitrogen and oxygen atoms in total. The third-order valence-corrected chi connectivity index (χ3v) is 6.72. The minimum absolute atomic E-state index is 0.0263. The quantitative estimate of drug-likeness (QED) is 0.769. The van der Waals surface area contributed by atoms with Gasteiger partial charge in [-0.3, -0.25) is 0 Å². The summed E-state index contributed by atoms with van der Waals surface area (Å²) >= 11 is 1.48. The molecule has 3 rings (SSSR count). The number of carboxylic acid groups (broad SMARTS) is 1.